The summed E-state index contributed by atoms with van der Waals surface area (Å²) in [6.45, 7) is 3.19. The van der Waals surface area contributed by atoms with Gasteiger partial charge in [-0.05, 0) is 37.6 Å². The number of hydrogen-bond donors (Lipinski definition) is 1. The molecule has 0 fully saturated rings. The van der Waals surface area contributed by atoms with Gasteiger partial charge in [0, 0.05) is 34.8 Å². The number of amides is 2. The van der Waals surface area contributed by atoms with Crippen LogP contribution in [0.25, 0.3) is 0 Å². The first-order valence-corrected chi connectivity index (χ1v) is 13.8. The molecule has 36 heavy (non-hydrogen) atoms. The second kappa shape index (κ2) is 13.0. The second-order valence-corrected chi connectivity index (χ2v) is 10.6. The van der Waals surface area contributed by atoms with Crippen LogP contribution in [0.5, 0.6) is 11.5 Å². The number of ether oxygens (including phenoxy) is 2. The van der Waals surface area contributed by atoms with Crippen LogP contribution in [0.15, 0.2) is 36.4 Å². The van der Waals surface area contributed by atoms with E-state index in [9.17, 15) is 18.0 Å². The molecular formula is C24H31Cl2N3O6S. The van der Waals surface area contributed by atoms with Gasteiger partial charge in [-0.1, -0.05) is 36.2 Å². The summed E-state index contributed by atoms with van der Waals surface area (Å²) in [6, 6.07) is 8.65. The van der Waals surface area contributed by atoms with Crippen LogP contribution in [0.3, 0.4) is 0 Å². The predicted octanol–water partition coefficient (Wildman–Crippen LogP) is 3.72. The molecular weight excluding hydrogens is 529 g/mol. The monoisotopic (exact) mass is 559 g/mol. The Hall–Kier alpha value is -2.69. The number of likely N-dealkylation sites (N-methyl/N-ethyl adjacent to an activating group) is 1. The van der Waals surface area contributed by atoms with E-state index in [4.69, 9.17) is 32.7 Å². The van der Waals surface area contributed by atoms with Crippen molar-refractivity contribution in [3.63, 3.8) is 0 Å². The molecule has 0 aromatic heterocycles. The SMILES string of the molecule is CCNC(=O)[C@H](CC)N(Cc1c(Cl)cccc1Cl)C(=O)CN(c1cc(OC)ccc1OC)S(C)(=O)=O. The molecule has 2 aromatic rings. The van der Waals surface area contributed by atoms with E-state index < -0.39 is 28.5 Å². The summed E-state index contributed by atoms with van der Waals surface area (Å²) >= 11 is 12.7. The quantitative estimate of drug-likeness (QED) is 0.425. The molecule has 2 rings (SSSR count). The van der Waals surface area contributed by atoms with E-state index >= 15 is 0 Å². The number of halogens is 2. The fourth-order valence-electron chi connectivity index (χ4n) is 3.65. The summed E-state index contributed by atoms with van der Waals surface area (Å²) in [4.78, 5) is 27.9. The first-order chi connectivity index (χ1) is 17.0. The maximum absolute atomic E-state index is 13.7. The molecule has 0 saturated carbocycles. The molecule has 0 aliphatic carbocycles. The van der Waals surface area contributed by atoms with Crippen LogP contribution in [0, 0.1) is 0 Å². The molecule has 12 heteroatoms. The van der Waals surface area contributed by atoms with Crippen LogP contribution in [0.1, 0.15) is 25.8 Å². The Morgan fingerprint density at radius 1 is 1.06 bits per heavy atom. The molecule has 0 aliphatic heterocycles. The molecule has 1 N–H and O–H groups in total. The number of benzene rings is 2. The summed E-state index contributed by atoms with van der Waals surface area (Å²) in [6.07, 6.45) is 1.26. The van der Waals surface area contributed by atoms with Gasteiger partial charge in [-0.25, -0.2) is 8.42 Å². The Morgan fingerprint density at radius 3 is 2.19 bits per heavy atom. The molecule has 0 bridgehead atoms. The van der Waals surface area contributed by atoms with Gasteiger partial charge >= 0.3 is 0 Å². The van der Waals surface area contributed by atoms with Gasteiger partial charge in [-0.3, -0.25) is 13.9 Å². The molecule has 0 aliphatic rings. The standard InChI is InChI=1S/C24H31Cl2N3O6S/c1-6-20(24(31)27-7-2)28(14-17-18(25)9-8-10-19(17)26)23(30)15-29(36(5,32)33)21-13-16(34-3)11-12-22(21)35-4/h8-13,20H,6-7,14-15H2,1-5H3,(H,27,31)/t20-/m0/s1. The third-order valence-corrected chi connectivity index (χ3v) is 7.30. The minimum atomic E-state index is -3.96. The fourth-order valence-corrected chi connectivity index (χ4v) is 5.01. The molecule has 9 nitrogen and oxygen atoms in total. The normalized spacial score (nSPS) is 12.0. The van der Waals surface area contributed by atoms with Gasteiger partial charge in [0.05, 0.1) is 26.2 Å². The van der Waals surface area contributed by atoms with E-state index in [2.05, 4.69) is 5.32 Å². The zero-order chi connectivity index (χ0) is 27.0. The van der Waals surface area contributed by atoms with Crippen LogP contribution >= 0.6 is 23.2 Å². The van der Waals surface area contributed by atoms with E-state index in [1.54, 1.807) is 44.2 Å². The van der Waals surface area contributed by atoms with E-state index in [1.165, 1.54) is 25.2 Å². The van der Waals surface area contributed by atoms with E-state index in [-0.39, 0.29) is 30.3 Å². The van der Waals surface area contributed by atoms with Crippen LogP contribution in [-0.2, 0) is 26.2 Å². The third kappa shape index (κ3) is 7.18. The van der Waals surface area contributed by atoms with Crippen LogP contribution in [-0.4, -0.2) is 64.7 Å². The van der Waals surface area contributed by atoms with Crippen LogP contribution < -0.4 is 19.1 Å². The summed E-state index contributed by atoms with van der Waals surface area (Å²) < 4.78 is 37.2. The van der Waals surface area contributed by atoms with Crippen molar-refractivity contribution < 1.29 is 27.5 Å². The van der Waals surface area contributed by atoms with Crippen molar-refractivity contribution in [1.29, 1.82) is 0 Å². The highest BCUT2D eigenvalue weighted by Crippen LogP contribution is 2.34. The zero-order valence-electron chi connectivity index (χ0n) is 20.9. The smallest absolute Gasteiger partial charge is 0.244 e. The number of carbonyl (C=O) groups is 2. The largest absolute Gasteiger partial charge is 0.497 e. The van der Waals surface area contributed by atoms with Crippen molar-refractivity contribution in [1.82, 2.24) is 10.2 Å². The zero-order valence-corrected chi connectivity index (χ0v) is 23.2. The summed E-state index contributed by atoms with van der Waals surface area (Å²) in [5.41, 5.74) is 0.566. The lowest BCUT2D eigenvalue weighted by molar-refractivity contribution is -0.140. The van der Waals surface area contributed by atoms with Crippen molar-refractivity contribution >= 4 is 50.7 Å². The van der Waals surface area contributed by atoms with Crippen molar-refractivity contribution in [3.05, 3.63) is 52.0 Å². The highest BCUT2D eigenvalue weighted by molar-refractivity contribution is 7.92. The van der Waals surface area contributed by atoms with Gasteiger partial charge in [0.25, 0.3) is 0 Å². The minimum Gasteiger partial charge on any atom is -0.497 e. The van der Waals surface area contributed by atoms with Crippen molar-refractivity contribution in [3.8, 4) is 11.5 Å². The molecule has 1 atom stereocenters. The van der Waals surface area contributed by atoms with E-state index in [1.807, 2.05) is 0 Å². The lowest BCUT2D eigenvalue weighted by Crippen LogP contribution is -2.52. The lowest BCUT2D eigenvalue weighted by Gasteiger charge is -2.33. The number of sulfonamides is 1. The Bertz CT molecular complexity index is 1170. The minimum absolute atomic E-state index is 0.0974. The van der Waals surface area contributed by atoms with Crippen molar-refractivity contribution in [2.45, 2.75) is 32.9 Å². The van der Waals surface area contributed by atoms with Gasteiger partial charge in [0.15, 0.2) is 0 Å². The number of nitrogens with zero attached hydrogens (tertiary/aromatic N) is 2. The van der Waals surface area contributed by atoms with Crippen molar-refractivity contribution in [2.75, 3.05) is 37.9 Å². The highest BCUT2D eigenvalue weighted by Gasteiger charge is 2.33. The molecule has 2 aromatic carbocycles. The maximum Gasteiger partial charge on any atom is 0.244 e. The second-order valence-electron chi connectivity index (χ2n) is 7.85. The first kappa shape index (κ1) is 29.5. The predicted molar refractivity (Wildman–Crippen MR) is 142 cm³/mol. The topological polar surface area (TPSA) is 105 Å². The highest BCUT2D eigenvalue weighted by atomic mass is 35.5. The van der Waals surface area contributed by atoms with Gasteiger partial charge in [0.1, 0.15) is 24.1 Å². The molecule has 0 unspecified atom stereocenters. The Morgan fingerprint density at radius 2 is 1.69 bits per heavy atom. The molecule has 198 valence electrons. The Labute approximate surface area is 222 Å². The van der Waals surface area contributed by atoms with Crippen LogP contribution in [0.4, 0.5) is 5.69 Å². The lowest BCUT2D eigenvalue weighted by atomic mass is 10.1. The maximum atomic E-state index is 13.7. The van der Waals surface area contributed by atoms with Gasteiger partial charge in [0.2, 0.25) is 21.8 Å². The van der Waals surface area contributed by atoms with Crippen molar-refractivity contribution in [2.24, 2.45) is 0 Å². The number of carbonyl (C=O) groups excluding carboxylic acids is 2. The average molecular weight is 561 g/mol. The average Bonchev–Trinajstić information content (AvgIpc) is 2.83. The third-order valence-electron chi connectivity index (χ3n) is 5.46. The molecule has 0 heterocycles. The number of anilines is 1. The van der Waals surface area contributed by atoms with Gasteiger partial charge < -0.3 is 19.7 Å². The molecule has 2 amide bonds. The van der Waals surface area contributed by atoms with E-state index in [0.29, 0.717) is 27.9 Å². The van der Waals surface area contributed by atoms with Crippen LogP contribution in [0.2, 0.25) is 10.0 Å². The molecule has 0 saturated heterocycles. The molecule has 0 radical (unpaired) electrons. The summed E-state index contributed by atoms with van der Waals surface area (Å²) in [5.74, 6) is -0.397. The summed E-state index contributed by atoms with van der Waals surface area (Å²) in [5, 5.41) is 3.37. The van der Waals surface area contributed by atoms with Gasteiger partial charge in [-0.15, -0.1) is 0 Å². The Balaban J connectivity index is 2.58. The first-order valence-electron chi connectivity index (χ1n) is 11.2. The summed E-state index contributed by atoms with van der Waals surface area (Å²) in [7, 11) is -1.13. The number of rotatable bonds is 12. The van der Waals surface area contributed by atoms with Gasteiger partial charge in [-0.2, -0.15) is 0 Å². The molecule has 0 spiro atoms. The Kier molecular flexibility index (Phi) is 10.7. The number of hydrogen-bond acceptors (Lipinski definition) is 6. The fraction of sp³-hybridized carbons (Fsp3) is 0.417. The number of methoxy groups -OCH3 is 2. The number of nitrogens with one attached hydrogen (secondary N) is 1. The van der Waals surface area contributed by atoms with E-state index in [0.717, 1.165) is 10.6 Å².